The highest BCUT2D eigenvalue weighted by Crippen LogP contribution is 2.08. The zero-order valence-electron chi connectivity index (χ0n) is 24.8. The summed E-state index contributed by atoms with van der Waals surface area (Å²) in [6.07, 6.45) is 5.57. The molecule has 0 unspecified atom stereocenters. The summed E-state index contributed by atoms with van der Waals surface area (Å²) >= 11 is 0. The first-order valence-electron chi connectivity index (χ1n) is 13.2. The fourth-order valence-electron chi connectivity index (χ4n) is 3.01. The number of primary amides is 2. The van der Waals surface area contributed by atoms with Gasteiger partial charge in [-0.1, -0.05) is 71.8 Å². The lowest BCUT2D eigenvalue weighted by molar-refractivity contribution is -0.122. The van der Waals surface area contributed by atoms with Gasteiger partial charge in [0, 0.05) is 31.5 Å². The molecular formula is C28H44N4O9S2. The summed E-state index contributed by atoms with van der Waals surface area (Å²) in [7, 11) is -6.22. The number of nitrogens with one attached hydrogen (secondary N) is 2. The molecule has 2 aromatic rings. The van der Waals surface area contributed by atoms with Crippen molar-refractivity contribution in [1.82, 2.24) is 10.6 Å². The highest BCUT2D eigenvalue weighted by atomic mass is 32.2. The highest BCUT2D eigenvalue weighted by Gasteiger charge is 2.17. The molecule has 1 atom stereocenters. The van der Waals surface area contributed by atoms with E-state index in [0.29, 0.717) is 5.57 Å². The van der Waals surface area contributed by atoms with Crippen molar-refractivity contribution in [1.29, 1.82) is 0 Å². The molecule has 0 aromatic heterocycles. The molecule has 0 spiro atoms. The molecule has 1 saturated heterocycles. The van der Waals surface area contributed by atoms with Crippen molar-refractivity contribution in [3.63, 3.8) is 0 Å². The molecular weight excluding hydrogens is 600 g/mol. The van der Waals surface area contributed by atoms with Gasteiger partial charge in [0.15, 0.2) is 0 Å². The maximum atomic E-state index is 10.5. The lowest BCUT2D eigenvalue weighted by Gasteiger charge is -2.18. The van der Waals surface area contributed by atoms with Crippen molar-refractivity contribution >= 4 is 33.0 Å². The zero-order chi connectivity index (χ0) is 33.5. The number of benzene rings is 2. The minimum absolute atomic E-state index is 0.0822. The lowest BCUT2D eigenvalue weighted by atomic mass is 9.99. The number of aliphatic hydroxyl groups is 1. The van der Waals surface area contributed by atoms with Gasteiger partial charge in [-0.15, -0.1) is 25.3 Å². The zero-order valence-corrected chi connectivity index (χ0v) is 26.4. The number of amides is 2. The van der Waals surface area contributed by atoms with Crippen molar-refractivity contribution in [2.75, 3.05) is 26.2 Å². The molecule has 43 heavy (non-hydrogen) atoms. The Bertz CT molecular complexity index is 1160. The minimum atomic E-state index is -3.11. The number of piperidine rings is 1. The minimum Gasteiger partial charge on any atom is -0.397 e. The van der Waals surface area contributed by atoms with E-state index >= 15 is 0 Å². The van der Waals surface area contributed by atoms with Gasteiger partial charge in [-0.05, 0) is 53.0 Å². The van der Waals surface area contributed by atoms with Gasteiger partial charge in [0.05, 0.1) is 5.92 Å². The summed E-state index contributed by atoms with van der Waals surface area (Å²) in [4.78, 5) is 21.0. The number of hydrogen-bond donors (Lipinski definition) is 5. The SMILES string of the molecule is CCO.Cc1ccccc1.Cc1ccccc1.NC(=O)C1=CNCCC1.NC(=O)[C@@H]1CCCNC1.O=S(=O)=O.O=S(=O)=O. The van der Waals surface area contributed by atoms with E-state index in [-0.39, 0.29) is 24.3 Å². The summed E-state index contributed by atoms with van der Waals surface area (Å²) in [6.45, 7) is 8.86. The predicted molar refractivity (Wildman–Crippen MR) is 164 cm³/mol. The van der Waals surface area contributed by atoms with Crippen LogP contribution in [0.1, 0.15) is 43.7 Å². The fraction of sp³-hybridized carbons (Fsp3) is 0.429. The molecule has 7 N–H and O–H groups in total. The van der Waals surface area contributed by atoms with Crippen LogP contribution in [0, 0.1) is 19.8 Å². The van der Waals surface area contributed by atoms with E-state index in [1.807, 2.05) is 36.4 Å². The van der Waals surface area contributed by atoms with Gasteiger partial charge < -0.3 is 27.2 Å². The van der Waals surface area contributed by atoms with Crippen LogP contribution in [0.3, 0.4) is 0 Å². The standard InChI is InChI=1S/2C7H8.C6H12N2O.C6H10N2O.C2H6O.2O3S/c2*1-7-5-3-2-4-6-7;2*7-6(9)5-2-1-3-8-4-5;1-2-3;2*1-4(2)3/h2*2-6H,1H3;5,8H,1-4H2,(H2,7,9);4,8H,1-3H2,(H2,7,9);3H,2H2,1H3;;/t;;5-;;;;/m..1..../s1. The van der Waals surface area contributed by atoms with Crippen molar-refractivity contribution in [3.8, 4) is 0 Å². The van der Waals surface area contributed by atoms with Gasteiger partial charge in [-0.25, -0.2) is 0 Å². The molecule has 0 radical (unpaired) electrons. The fourth-order valence-corrected chi connectivity index (χ4v) is 3.01. The first kappa shape index (κ1) is 43.5. The summed E-state index contributed by atoms with van der Waals surface area (Å²) in [6, 6.07) is 20.5. The smallest absolute Gasteiger partial charge is 0.397 e. The number of nitrogens with two attached hydrogens (primary N) is 2. The normalized spacial score (nSPS) is 14.0. The van der Waals surface area contributed by atoms with Gasteiger partial charge in [0.1, 0.15) is 0 Å². The maximum Gasteiger partial charge on any atom is 0.425 e. The van der Waals surface area contributed by atoms with Crippen molar-refractivity contribution in [2.24, 2.45) is 17.4 Å². The molecule has 13 nitrogen and oxygen atoms in total. The summed E-state index contributed by atoms with van der Waals surface area (Å²) < 4.78 is 50.7. The predicted octanol–water partition coefficient (Wildman–Crippen LogP) is 1.19. The molecule has 2 heterocycles. The summed E-state index contributed by atoms with van der Waals surface area (Å²) in [5, 5.41) is 13.6. The van der Waals surface area contributed by atoms with Crippen LogP contribution < -0.4 is 22.1 Å². The molecule has 1 fully saturated rings. The van der Waals surface area contributed by atoms with Crippen LogP contribution in [0.25, 0.3) is 0 Å². The summed E-state index contributed by atoms with van der Waals surface area (Å²) in [5.74, 6) is -0.386. The van der Waals surface area contributed by atoms with Crippen LogP contribution in [0.15, 0.2) is 72.4 Å². The topological polar surface area (TPSA) is 233 Å². The van der Waals surface area contributed by atoms with E-state index in [4.69, 9.17) is 41.8 Å². The Morgan fingerprint density at radius 3 is 1.42 bits per heavy atom. The van der Waals surface area contributed by atoms with Crippen LogP contribution >= 0.6 is 0 Å². The maximum absolute atomic E-state index is 10.5. The Labute approximate surface area is 256 Å². The average Bonchev–Trinajstić information content (AvgIpc) is 2.96. The number of rotatable bonds is 2. The Morgan fingerprint density at radius 2 is 1.23 bits per heavy atom. The molecule has 2 aliphatic heterocycles. The number of carbonyl (C=O) groups is 2. The van der Waals surface area contributed by atoms with Crippen LogP contribution in [0.2, 0.25) is 0 Å². The second-order valence-corrected chi connectivity index (χ2v) is 9.39. The van der Waals surface area contributed by atoms with E-state index < -0.39 is 21.2 Å². The lowest BCUT2D eigenvalue weighted by Crippen LogP contribution is -2.37. The third kappa shape index (κ3) is 38.1. The van der Waals surface area contributed by atoms with E-state index in [1.165, 1.54) is 11.1 Å². The second kappa shape index (κ2) is 31.0. The van der Waals surface area contributed by atoms with E-state index in [2.05, 4.69) is 48.7 Å². The first-order valence-corrected chi connectivity index (χ1v) is 15.2. The van der Waals surface area contributed by atoms with E-state index in [1.54, 1.807) is 13.1 Å². The number of carbonyl (C=O) groups excluding carboxylic acids is 2. The van der Waals surface area contributed by atoms with E-state index in [9.17, 15) is 9.59 Å². The van der Waals surface area contributed by atoms with Crippen LogP contribution in [-0.2, 0) is 30.8 Å². The quantitative estimate of drug-likeness (QED) is 0.311. The van der Waals surface area contributed by atoms with Gasteiger partial charge in [-0.2, -0.15) is 0 Å². The van der Waals surface area contributed by atoms with Gasteiger partial charge in [0.2, 0.25) is 11.8 Å². The van der Waals surface area contributed by atoms with Crippen LogP contribution in [0.5, 0.6) is 0 Å². The van der Waals surface area contributed by atoms with Crippen molar-refractivity contribution in [3.05, 3.63) is 83.6 Å². The molecule has 4 rings (SSSR count). The Kier molecular flexibility index (Phi) is 31.4. The molecule has 0 bridgehead atoms. The largest absolute Gasteiger partial charge is 0.425 e. The molecule has 15 heteroatoms. The molecule has 2 amide bonds. The van der Waals surface area contributed by atoms with E-state index in [0.717, 1.165) is 45.3 Å². The monoisotopic (exact) mass is 644 g/mol. The van der Waals surface area contributed by atoms with Crippen LogP contribution in [0.4, 0.5) is 0 Å². The second-order valence-electron chi connectivity index (χ2n) is 8.57. The van der Waals surface area contributed by atoms with Gasteiger partial charge in [0.25, 0.3) is 0 Å². The van der Waals surface area contributed by atoms with Gasteiger partial charge in [-0.3, -0.25) is 9.59 Å². The molecule has 242 valence electrons. The van der Waals surface area contributed by atoms with Gasteiger partial charge >= 0.3 is 21.2 Å². The average molecular weight is 645 g/mol. The first-order chi connectivity index (χ1) is 20.3. The third-order valence-corrected chi connectivity index (χ3v) is 4.94. The molecule has 0 aliphatic carbocycles. The third-order valence-electron chi connectivity index (χ3n) is 4.94. The number of hydrogen-bond acceptors (Lipinski definition) is 11. The van der Waals surface area contributed by atoms with Crippen LogP contribution in [-0.4, -0.2) is 68.4 Å². The molecule has 0 saturated carbocycles. The number of aliphatic hydroxyl groups excluding tert-OH is 1. The van der Waals surface area contributed by atoms with Crippen molar-refractivity contribution < 1.29 is 39.9 Å². The number of aryl methyl sites for hydroxylation is 2. The van der Waals surface area contributed by atoms with Crippen molar-refractivity contribution in [2.45, 2.75) is 46.5 Å². The molecule has 2 aromatic carbocycles. The Hall–Kier alpha value is -3.92. The summed E-state index contributed by atoms with van der Waals surface area (Å²) in [5.41, 5.74) is 13.5. The Morgan fingerprint density at radius 1 is 0.814 bits per heavy atom. The highest BCUT2D eigenvalue weighted by molar-refractivity contribution is 7.59. The molecule has 2 aliphatic rings. The Balaban J connectivity index is -0.000000449.